The molecule has 7 nitrogen and oxygen atoms in total. The third-order valence-electron chi connectivity index (χ3n) is 7.35. The Morgan fingerprint density at radius 2 is 1.68 bits per heavy atom. The maximum Gasteiger partial charge on any atom is 0.308 e. The van der Waals surface area contributed by atoms with Gasteiger partial charge in [-0.05, 0) is 47.2 Å². The number of hydrogen-bond donors (Lipinski definition) is 1. The molecule has 3 atom stereocenters. The van der Waals surface area contributed by atoms with E-state index in [1.807, 2.05) is 60.0 Å². The number of amides is 3. The second kappa shape index (κ2) is 10.1. The molecule has 0 bridgehead atoms. The SMILES string of the molecule is O=C(Cn1c2c(sc1=O)C(c1cccs1)C1C(=O)N(c3ccc(F)cc3)C(=O)C1S2)Nc1cccc2ccccc12. The van der Waals surface area contributed by atoms with E-state index in [1.165, 1.54) is 40.2 Å². The molecule has 3 aromatic carbocycles. The summed E-state index contributed by atoms with van der Waals surface area (Å²) in [5.41, 5.74) is 0.942. The van der Waals surface area contributed by atoms with E-state index in [1.54, 1.807) is 0 Å². The molecule has 11 heteroatoms. The van der Waals surface area contributed by atoms with Gasteiger partial charge in [-0.3, -0.25) is 23.7 Å². The van der Waals surface area contributed by atoms with Gasteiger partial charge in [0.15, 0.2) is 0 Å². The molecule has 0 radical (unpaired) electrons. The van der Waals surface area contributed by atoms with Crippen LogP contribution in [0.2, 0.25) is 0 Å². The second-order valence-corrected chi connectivity index (χ2v) is 12.8. The van der Waals surface area contributed by atoms with Crippen molar-refractivity contribution in [1.82, 2.24) is 4.57 Å². The molecule has 1 fully saturated rings. The summed E-state index contributed by atoms with van der Waals surface area (Å²) < 4.78 is 15.0. The van der Waals surface area contributed by atoms with E-state index in [0.717, 1.165) is 43.6 Å². The van der Waals surface area contributed by atoms with Crippen molar-refractivity contribution in [1.29, 1.82) is 0 Å². The number of thiophene rings is 1. The van der Waals surface area contributed by atoms with Crippen molar-refractivity contribution in [3.63, 3.8) is 0 Å². The van der Waals surface area contributed by atoms with Gasteiger partial charge in [-0.25, -0.2) is 9.29 Å². The van der Waals surface area contributed by atoms with E-state index in [4.69, 9.17) is 0 Å². The number of thioether (sulfide) groups is 1. The highest BCUT2D eigenvalue weighted by atomic mass is 32.2. The summed E-state index contributed by atoms with van der Waals surface area (Å²) in [4.78, 5) is 56.4. The van der Waals surface area contributed by atoms with Gasteiger partial charge in [-0.15, -0.1) is 11.3 Å². The number of nitrogens with zero attached hydrogens (tertiary/aromatic N) is 2. The summed E-state index contributed by atoms with van der Waals surface area (Å²) in [5, 5.41) is 6.41. The minimum atomic E-state index is -0.798. The predicted octanol–water partition coefficient (Wildman–Crippen LogP) is 5.70. The Morgan fingerprint density at radius 1 is 0.902 bits per heavy atom. The quantitative estimate of drug-likeness (QED) is 0.261. The maximum absolute atomic E-state index is 13.8. The van der Waals surface area contributed by atoms with Crippen molar-refractivity contribution in [3.05, 3.63) is 109 Å². The maximum atomic E-state index is 13.8. The number of halogens is 1. The zero-order valence-electron chi connectivity index (χ0n) is 21.2. The van der Waals surface area contributed by atoms with Gasteiger partial charge in [0, 0.05) is 26.7 Å². The summed E-state index contributed by atoms with van der Waals surface area (Å²) in [5.74, 6) is -2.90. The zero-order valence-corrected chi connectivity index (χ0v) is 23.6. The van der Waals surface area contributed by atoms with Gasteiger partial charge in [-0.1, -0.05) is 65.6 Å². The van der Waals surface area contributed by atoms with Crippen LogP contribution in [0, 0.1) is 11.7 Å². The molecule has 2 aliphatic heterocycles. The molecular formula is C30H20FN3O4S3. The number of aromatic nitrogens is 1. The zero-order chi connectivity index (χ0) is 28.2. The molecule has 1 N–H and O–H groups in total. The lowest BCUT2D eigenvalue weighted by atomic mass is 9.87. The Labute approximate surface area is 245 Å². The van der Waals surface area contributed by atoms with E-state index >= 15 is 0 Å². The largest absolute Gasteiger partial charge is 0.324 e. The highest BCUT2D eigenvalue weighted by Gasteiger charge is 2.57. The third kappa shape index (κ3) is 4.32. The van der Waals surface area contributed by atoms with E-state index in [2.05, 4.69) is 5.32 Å². The van der Waals surface area contributed by atoms with Gasteiger partial charge in [0.05, 0.1) is 16.6 Å². The smallest absolute Gasteiger partial charge is 0.308 e. The molecule has 2 aliphatic rings. The standard InChI is InChI=1S/C30H20FN3O4S3/c31-17-10-12-18(13-11-17)34-27(36)24-23(21-9-4-14-39-21)26-29(40-25(24)28(34)37)33(30(38)41-26)15-22(35)32-20-8-3-6-16-5-1-2-7-19(16)20/h1-14,23-25H,15H2,(H,32,35). The van der Waals surface area contributed by atoms with Gasteiger partial charge in [0.1, 0.15) is 17.6 Å². The highest BCUT2D eigenvalue weighted by Crippen LogP contribution is 2.54. The highest BCUT2D eigenvalue weighted by molar-refractivity contribution is 8.00. The first-order chi connectivity index (χ1) is 19.9. The van der Waals surface area contributed by atoms with Crippen LogP contribution in [0.1, 0.15) is 15.7 Å². The number of thiazole rings is 1. The number of carbonyl (C=O) groups is 3. The van der Waals surface area contributed by atoms with Crippen LogP contribution in [0.4, 0.5) is 15.8 Å². The number of anilines is 2. The summed E-state index contributed by atoms with van der Waals surface area (Å²) in [6.45, 7) is -0.237. The number of fused-ring (bicyclic) bond motifs is 3. The van der Waals surface area contributed by atoms with Gasteiger partial charge >= 0.3 is 4.87 Å². The van der Waals surface area contributed by atoms with Crippen LogP contribution in [0.15, 0.2) is 94.1 Å². The Balaban J connectivity index is 1.25. The molecule has 0 saturated carbocycles. The number of nitrogens with one attached hydrogen (secondary N) is 1. The molecule has 0 aliphatic carbocycles. The molecule has 3 unspecified atom stereocenters. The first kappa shape index (κ1) is 25.9. The second-order valence-electron chi connectivity index (χ2n) is 9.74. The van der Waals surface area contributed by atoms with Crippen molar-refractivity contribution < 1.29 is 18.8 Å². The third-order valence-corrected chi connectivity index (χ3v) is 10.9. The molecule has 204 valence electrons. The van der Waals surface area contributed by atoms with E-state index in [-0.39, 0.29) is 23.2 Å². The first-order valence-corrected chi connectivity index (χ1v) is 15.3. The lowest BCUT2D eigenvalue weighted by Gasteiger charge is -2.29. The van der Waals surface area contributed by atoms with Crippen molar-refractivity contribution >= 4 is 74.3 Å². The van der Waals surface area contributed by atoms with Crippen molar-refractivity contribution in [2.45, 2.75) is 22.7 Å². The molecule has 1 saturated heterocycles. The number of carbonyl (C=O) groups excluding carboxylic acids is 3. The van der Waals surface area contributed by atoms with Crippen LogP contribution in [-0.4, -0.2) is 27.5 Å². The van der Waals surface area contributed by atoms with Crippen molar-refractivity contribution in [2.75, 3.05) is 10.2 Å². The molecule has 41 heavy (non-hydrogen) atoms. The van der Waals surface area contributed by atoms with E-state index in [0.29, 0.717) is 21.3 Å². The minimum absolute atomic E-state index is 0.237. The van der Waals surface area contributed by atoms with Gasteiger partial charge in [0.25, 0.3) is 0 Å². The minimum Gasteiger partial charge on any atom is -0.324 e. The average molecular weight is 602 g/mol. The number of benzene rings is 3. The fraction of sp³-hybridized carbons (Fsp3) is 0.133. The lowest BCUT2D eigenvalue weighted by Crippen LogP contribution is -2.32. The van der Waals surface area contributed by atoms with E-state index < -0.39 is 28.8 Å². The van der Waals surface area contributed by atoms with Gasteiger partial charge < -0.3 is 5.32 Å². The van der Waals surface area contributed by atoms with Crippen LogP contribution in [0.5, 0.6) is 0 Å². The summed E-state index contributed by atoms with van der Waals surface area (Å²) in [7, 11) is 0. The monoisotopic (exact) mass is 601 g/mol. The van der Waals surface area contributed by atoms with Crippen LogP contribution < -0.4 is 15.1 Å². The molecule has 4 heterocycles. The molecule has 2 aromatic heterocycles. The fourth-order valence-corrected chi connectivity index (χ4v) is 9.26. The average Bonchev–Trinajstić information content (AvgIpc) is 3.67. The number of rotatable bonds is 5. The molecular weight excluding hydrogens is 582 g/mol. The summed E-state index contributed by atoms with van der Waals surface area (Å²) >= 11 is 3.61. The Bertz CT molecular complexity index is 1890. The van der Waals surface area contributed by atoms with Crippen LogP contribution >= 0.6 is 34.4 Å². The lowest BCUT2D eigenvalue weighted by molar-refractivity contribution is -0.122. The molecule has 5 aromatic rings. The fourth-order valence-electron chi connectivity index (χ4n) is 5.54. The van der Waals surface area contributed by atoms with Crippen LogP contribution in [0.25, 0.3) is 10.8 Å². The summed E-state index contributed by atoms with van der Waals surface area (Å²) in [6.07, 6.45) is 0. The molecule has 0 spiro atoms. The number of hydrogen-bond acceptors (Lipinski definition) is 7. The van der Waals surface area contributed by atoms with Crippen LogP contribution in [0.3, 0.4) is 0 Å². The normalized spacial score (nSPS) is 19.8. The van der Waals surface area contributed by atoms with Crippen LogP contribution in [-0.2, 0) is 20.9 Å². The first-order valence-electron chi connectivity index (χ1n) is 12.8. The Hall–Kier alpha value is -4.06. The van der Waals surface area contributed by atoms with Gasteiger partial charge in [-0.2, -0.15) is 0 Å². The summed E-state index contributed by atoms with van der Waals surface area (Å²) in [6, 6.07) is 22.3. The van der Waals surface area contributed by atoms with Gasteiger partial charge in [0.2, 0.25) is 17.7 Å². The van der Waals surface area contributed by atoms with Crippen molar-refractivity contribution in [3.8, 4) is 0 Å². The van der Waals surface area contributed by atoms with E-state index in [9.17, 15) is 23.6 Å². The topological polar surface area (TPSA) is 88.5 Å². The Kier molecular flexibility index (Phi) is 6.37. The number of imide groups is 1. The molecule has 7 rings (SSSR count). The Morgan fingerprint density at radius 3 is 2.46 bits per heavy atom. The van der Waals surface area contributed by atoms with Crippen molar-refractivity contribution in [2.24, 2.45) is 5.92 Å². The molecule has 3 amide bonds. The predicted molar refractivity (Wildman–Crippen MR) is 159 cm³/mol.